The van der Waals surface area contributed by atoms with Crippen LogP contribution < -0.4 is 15.1 Å². The molecule has 1 aromatic heterocycles. The Morgan fingerprint density at radius 2 is 2.00 bits per heavy atom. The lowest BCUT2D eigenvalue weighted by Gasteiger charge is -2.41. The predicted molar refractivity (Wildman–Crippen MR) is 79.5 cm³/mol. The van der Waals surface area contributed by atoms with Crippen LogP contribution in [-0.4, -0.2) is 31.0 Å². The summed E-state index contributed by atoms with van der Waals surface area (Å²) in [7, 11) is 3.03. The van der Waals surface area contributed by atoms with Crippen molar-refractivity contribution in [2.75, 3.05) is 14.2 Å². The number of benzene rings is 1. The van der Waals surface area contributed by atoms with Crippen LogP contribution in [0.1, 0.15) is 25.5 Å². The van der Waals surface area contributed by atoms with Gasteiger partial charge in [0.25, 0.3) is 0 Å². The summed E-state index contributed by atoms with van der Waals surface area (Å²) in [4.78, 5) is 11.6. The molecule has 118 valence electrons. The van der Waals surface area contributed by atoms with Crippen LogP contribution in [-0.2, 0) is 4.74 Å². The molecule has 0 fully saturated rings. The van der Waals surface area contributed by atoms with Crippen molar-refractivity contribution in [3.05, 3.63) is 34.2 Å². The first-order valence-corrected chi connectivity index (χ1v) is 6.93. The van der Waals surface area contributed by atoms with Gasteiger partial charge in [0.05, 0.1) is 18.1 Å². The average molecular weight is 306 g/mol. The number of ether oxygens (including phenoxy) is 3. The molecule has 1 N–H and O–H groups in total. The molecule has 1 aliphatic rings. The molecule has 2 aromatic rings. The van der Waals surface area contributed by atoms with Crippen LogP contribution in [0.4, 0.5) is 0 Å². The van der Waals surface area contributed by atoms with Crippen LogP contribution in [0.15, 0.2) is 27.4 Å². The lowest BCUT2D eigenvalue weighted by Crippen LogP contribution is -2.49. The number of aliphatic hydroxyl groups is 1. The van der Waals surface area contributed by atoms with Crippen molar-refractivity contribution in [1.82, 2.24) is 0 Å². The number of hydrogen-bond donors (Lipinski definition) is 1. The molecule has 0 radical (unpaired) electrons. The number of aliphatic hydroxyl groups excluding tert-OH is 1. The summed E-state index contributed by atoms with van der Waals surface area (Å²) in [5.41, 5.74) is -0.509. The maximum atomic E-state index is 11.6. The molecule has 1 aliphatic heterocycles. The Morgan fingerprint density at radius 1 is 1.27 bits per heavy atom. The summed E-state index contributed by atoms with van der Waals surface area (Å²) in [6, 6.07) is 4.67. The molecule has 2 atom stereocenters. The van der Waals surface area contributed by atoms with E-state index in [1.807, 2.05) is 0 Å². The molecule has 0 bridgehead atoms. The first-order valence-electron chi connectivity index (χ1n) is 6.93. The van der Waals surface area contributed by atoms with E-state index < -0.39 is 23.4 Å². The maximum Gasteiger partial charge on any atom is 0.336 e. The summed E-state index contributed by atoms with van der Waals surface area (Å²) < 4.78 is 22.0. The molecule has 22 heavy (non-hydrogen) atoms. The number of methoxy groups -OCH3 is 2. The van der Waals surface area contributed by atoms with Gasteiger partial charge in [-0.05, 0) is 19.9 Å². The van der Waals surface area contributed by atoms with Gasteiger partial charge in [-0.25, -0.2) is 4.79 Å². The van der Waals surface area contributed by atoms with Gasteiger partial charge in [-0.3, -0.25) is 0 Å². The number of fused-ring (bicyclic) bond motifs is 3. The highest BCUT2D eigenvalue weighted by molar-refractivity contribution is 5.89. The zero-order valence-electron chi connectivity index (χ0n) is 12.9. The third kappa shape index (κ3) is 2.07. The summed E-state index contributed by atoms with van der Waals surface area (Å²) in [6.07, 6.45) is -1.58. The largest absolute Gasteiger partial charge is 0.496 e. The van der Waals surface area contributed by atoms with Crippen molar-refractivity contribution in [2.24, 2.45) is 0 Å². The predicted octanol–water partition coefficient (Wildman–Crippen LogP) is 2.02. The van der Waals surface area contributed by atoms with Crippen LogP contribution in [0.3, 0.4) is 0 Å². The normalized spacial score (nSPS) is 23.0. The van der Waals surface area contributed by atoms with E-state index in [1.54, 1.807) is 26.0 Å². The summed E-state index contributed by atoms with van der Waals surface area (Å²) in [6.45, 7) is 3.54. The molecule has 6 nitrogen and oxygen atoms in total. The monoisotopic (exact) mass is 306 g/mol. The fourth-order valence-electron chi connectivity index (χ4n) is 2.83. The number of rotatable bonds is 2. The minimum Gasteiger partial charge on any atom is -0.496 e. The van der Waals surface area contributed by atoms with E-state index >= 15 is 0 Å². The Morgan fingerprint density at radius 3 is 2.64 bits per heavy atom. The zero-order valence-corrected chi connectivity index (χ0v) is 12.9. The smallest absolute Gasteiger partial charge is 0.336 e. The third-order valence-electron chi connectivity index (χ3n) is 4.00. The van der Waals surface area contributed by atoms with Crippen molar-refractivity contribution in [1.29, 1.82) is 0 Å². The Balaban J connectivity index is 2.39. The zero-order chi connectivity index (χ0) is 16.1. The van der Waals surface area contributed by atoms with Gasteiger partial charge >= 0.3 is 5.63 Å². The van der Waals surface area contributed by atoms with Crippen molar-refractivity contribution in [2.45, 2.75) is 31.7 Å². The molecule has 0 aliphatic carbocycles. The maximum absolute atomic E-state index is 11.6. The summed E-state index contributed by atoms with van der Waals surface area (Å²) in [5, 5.41) is 11.1. The summed E-state index contributed by atoms with van der Waals surface area (Å²) >= 11 is 0. The molecule has 2 heterocycles. The molecular weight excluding hydrogens is 288 g/mol. The van der Waals surface area contributed by atoms with Gasteiger partial charge in [0.15, 0.2) is 5.58 Å². The average Bonchev–Trinajstić information content (AvgIpc) is 2.47. The van der Waals surface area contributed by atoms with E-state index in [0.29, 0.717) is 28.0 Å². The first kappa shape index (κ1) is 14.9. The van der Waals surface area contributed by atoms with Gasteiger partial charge in [0.1, 0.15) is 29.3 Å². The Labute approximate surface area is 127 Å². The molecule has 0 saturated carbocycles. The quantitative estimate of drug-likeness (QED) is 0.855. The van der Waals surface area contributed by atoms with E-state index in [4.69, 9.17) is 18.6 Å². The van der Waals surface area contributed by atoms with Crippen LogP contribution in [0.5, 0.6) is 11.5 Å². The second-order valence-electron chi connectivity index (χ2n) is 5.79. The van der Waals surface area contributed by atoms with Crippen molar-refractivity contribution in [3.63, 3.8) is 0 Å². The molecule has 0 amide bonds. The van der Waals surface area contributed by atoms with E-state index in [0.717, 1.165) is 0 Å². The highest BCUT2D eigenvalue weighted by Crippen LogP contribution is 2.47. The van der Waals surface area contributed by atoms with Crippen molar-refractivity contribution in [3.8, 4) is 11.5 Å². The summed E-state index contributed by atoms with van der Waals surface area (Å²) in [5.74, 6) is 1.00. The Kier molecular flexibility index (Phi) is 3.38. The highest BCUT2D eigenvalue weighted by Gasteiger charge is 2.45. The fourth-order valence-corrected chi connectivity index (χ4v) is 2.83. The molecule has 0 unspecified atom stereocenters. The highest BCUT2D eigenvalue weighted by atomic mass is 16.5. The molecule has 1 aromatic carbocycles. The van der Waals surface area contributed by atoms with Crippen LogP contribution in [0.2, 0.25) is 0 Å². The van der Waals surface area contributed by atoms with Crippen LogP contribution >= 0.6 is 0 Å². The van der Waals surface area contributed by atoms with Gasteiger partial charge in [-0.2, -0.15) is 0 Å². The fraction of sp³-hybridized carbons (Fsp3) is 0.438. The van der Waals surface area contributed by atoms with E-state index in [2.05, 4.69) is 0 Å². The Bertz CT molecular complexity index is 776. The topological polar surface area (TPSA) is 78.1 Å². The van der Waals surface area contributed by atoms with Crippen LogP contribution in [0, 0.1) is 0 Å². The van der Waals surface area contributed by atoms with E-state index in [1.165, 1.54) is 20.3 Å². The minimum atomic E-state index is -0.910. The van der Waals surface area contributed by atoms with Gasteiger partial charge in [-0.15, -0.1) is 0 Å². The SMILES string of the molecule is COc1cc2c(c3oc(=O)ccc13)[C@H](OC)[C@@H](O)C(C)(C)O2. The second kappa shape index (κ2) is 5.00. The van der Waals surface area contributed by atoms with Gasteiger partial charge < -0.3 is 23.7 Å². The van der Waals surface area contributed by atoms with Crippen LogP contribution in [0.25, 0.3) is 11.0 Å². The standard InChI is InChI=1S/C16H18O6/c1-16(2)15(18)14(20-4)12-10(22-16)7-9(19-3)8-5-6-11(17)21-13(8)12/h5-7,14-15,18H,1-4H3/t14-,15+/m0/s1. The van der Waals surface area contributed by atoms with Gasteiger partial charge in [-0.1, -0.05) is 0 Å². The Hall–Kier alpha value is -2.05. The number of hydrogen-bond acceptors (Lipinski definition) is 6. The van der Waals surface area contributed by atoms with E-state index in [9.17, 15) is 9.90 Å². The molecule has 0 saturated heterocycles. The lowest BCUT2D eigenvalue weighted by molar-refractivity contribution is -0.123. The van der Waals surface area contributed by atoms with E-state index in [-0.39, 0.29) is 0 Å². The van der Waals surface area contributed by atoms with Crippen molar-refractivity contribution < 1.29 is 23.7 Å². The molecular formula is C16H18O6. The molecule has 3 rings (SSSR count). The first-order chi connectivity index (χ1) is 10.4. The second-order valence-corrected chi connectivity index (χ2v) is 5.79. The third-order valence-corrected chi connectivity index (χ3v) is 4.00. The molecule has 0 spiro atoms. The lowest BCUT2D eigenvalue weighted by atomic mass is 9.87. The van der Waals surface area contributed by atoms with Gasteiger partial charge in [0.2, 0.25) is 0 Å². The van der Waals surface area contributed by atoms with Gasteiger partial charge in [0, 0.05) is 19.2 Å². The minimum absolute atomic E-state index is 0.309. The van der Waals surface area contributed by atoms with Crippen molar-refractivity contribution >= 4 is 11.0 Å². The molecule has 6 heteroatoms.